The van der Waals surface area contributed by atoms with Crippen LogP contribution in [0, 0.1) is 0 Å². The van der Waals surface area contributed by atoms with E-state index in [1.54, 1.807) is 7.11 Å². The number of rotatable bonds is 12. The molecule has 0 rings (SSSR count). The Kier molecular flexibility index (Phi) is 12.9. The van der Waals surface area contributed by atoms with Crippen molar-refractivity contribution in [2.24, 2.45) is 0 Å². The van der Waals surface area contributed by atoms with Gasteiger partial charge in [-0.05, 0) is 6.42 Å². The van der Waals surface area contributed by atoms with Crippen molar-refractivity contribution in [2.45, 2.75) is 12.8 Å². The smallest absolute Gasteiger partial charge is 0.0895 e. The Labute approximate surface area is 92.2 Å². The lowest BCUT2D eigenvalue weighted by Gasteiger charge is -2.05. The second-order valence-electron chi connectivity index (χ2n) is 2.96. The lowest BCUT2D eigenvalue weighted by atomic mass is 10.5. The van der Waals surface area contributed by atoms with Crippen molar-refractivity contribution in [1.82, 2.24) is 0 Å². The summed E-state index contributed by atoms with van der Waals surface area (Å²) < 4.78 is 20.5. The first kappa shape index (κ1) is 14.4. The van der Waals surface area contributed by atoms with Gasteiger partial charge in [-0.3, -0.25) is 0 Å². The molecule has 0 heterocycles. The molecular formula is C11H22O4. The van der Waals surface area contributed by atoms with Crippen LogP contribution in [0.1, 0.15) is 12.8 Å². The van der Waals surface area contributed by atoms with E-state index in [0.717, 1.165) is 26.1 Å². The second-order valence-corrected chi connectivity index (χ2v) is 2.96. The average molecular weight is 218 g/mol. The summed E-state index contributed by atoms with van der Waals surface area (Å²) in [6.45, 7) is 7.59. The summed E-state index contributed by atoms with van der Waals surface area (Å²) in [6, 6.07) is 0. The maximum absolute atomic E-state index is 5.32. The summed E-state index contributed by atoms with van der Waals surface area (Å²) in [5.74, 6) is 0. The van der Waals surface area contributed by atoms with Crippen LogP contribution in [-0.4, -0.2) is 46.8 Å². The minimum absolute atomic E-state index is 0.640. The summed E-state index contributed by atoms with van der Waals surface area (Å²) in [6.07, 6.45) is 3.26. The SMILES string of the molecule is C=COCCCOCCOCCCOC. The zero-order valence-electron chi connectivity index (χ0n) is 9.57. The van der Waals surface area contributed by atoms with E-state index in [-0.39, 0.29) is 0 Å². The van der Waals surface area contributed by atoms with E-state index in [1.807, 2.05) is 0 Å². The van der Waals surface area contributed by atoms with Gasteiger partial charge < -0.3 is 18.9 Å². The molecule has 0 N–H and O–H groups in total. The second kappa shape index (κ2) is 13.4. The van der Waals surface area contributed by atoms with Crippen molar-refractivity contribution < 1.29 is 18.9 Å². The highest BCUT2D eigenvalue weighted by atomic mass is 16.5. The molecule has 0 spiro atoms. The van der Waals surface area contributed by atoms with E-state index >= 15 is 0 Å². The largest absolute Gasteiger partial charge is 0.502 e. The molecule has 0 unspecified atom stereocenters. The quantitative estimate of drug-likeness (QED) is 0.368. The number of methoxy groups -OCH3 is 1. The van der Waals surface area contributed by atoms with E-state index in [0.29, 0.717) is 26.4 Å². The standard InChI is InChI=1S/C11H22O4/c1-3-13-7-5-9-15-11-10-14-8-4-6-12-2/h3H,1,4-11H2,2H3. The summed E-state index contributed by atoms with van der Waals surface area (Å²) in [4.78, 5) is 0. The molecule has 0 bridgehead atoms. The van der Waals surface area contributed by atoms with Gasteiger partial charge in [0.15, 0.2) is 0 Å². The van der Waals surface area contributed by atoms with Gasteiger partial charge in [0, 0.05) is 33.4 Å². The van der Waals surface area contributed by atoms with Gasteiger partial charge in [0.1, 0.15) is 0 Å². The monoisotopic (exact) mass is 218 g/mol. The molecule has 0 aromatic rings. The minimum Gasteiger partial charge on any atom is -0.502 e. The van der Waals surface area contributed by atoms with Gasteiger partial charge in [0.2, 0.25) is 0 Å². The zero-order valence-corrected chi connectivity index (χ0v) is 9.57. The summed E-state index contributed by atoms with van der Waals surface area (Å²) in [7, 11) is 1.69. The van der Waals surface area contributed by atoms with E-state index < -0.39 is 0 Å². The van der Waals surface area contributed by atoms with Gasteiger partial charge in [-0.1, -0.05) is 6.58 Å². The molecule has 0 atom stereocenters. The van der Waals surface area contributed by atoms with Crippen LogP contribution >= 0.6 is 0 Å². The van der Waals surface area contributed by atoms with Crippen LogP contribution in [0.2, 0.25) is 0 Å². The lowest BCUT2D eigenvalue weighted by Crippen LogP contribution is -2.08. The highest BCUT2D eigenvalue weighted by Crippen LogP contribution is 1.87. The van der Waals surface area contributed by atoms with Crippen molar-refractivity contribution in [3.8, 4) is 0 Å². The van der Waals surface area contributed by atoms with E-state index in [2.05, 4.69) is 6.58 Å². The predicted molar refractivity (Wildman–Crippen MR) is 58.9 cm³/mol. The Morgan fingerprint density at radius 2 is 1.47 bits per heavy atom. The molecule has 15 heavy (non-hydrogen) atoms. The van der Waals surface area contributed by atoms with Crippen LogP contribution in [0.15, 0.2) is 12.8 Å². The summed E-state index contributed by atoms with van der Waals surface area (Å²) in [5, 5.41) is 0. The highest BCUT2D eigenvalue weighted by molar-refractivity contribution is 4.48. The highest BCUT2D eigenvalue weighted by Gasteiger charge is 1.91. The Hall–Kier alpha value is -0.580. The fourth-order valence-corrected chi connectivity index (χ4v) is 0.955. The average Bonchev–Trinajstić information content (AvgIpc) is 2.26. The maximum atomic E-state index is 5.32. The minimum atomic E-state index is 0.640. The van der Waals surface area contributed by atoms with E-state index in [9.17, 15) is 0 Å². The third kappa shape index (κ3) is 13.4. The molecular weight excluding hydrogens is 196 g/mol. The van der Waals surface area contributed by atoms with Gasteiger partial charge in [-0.15, -0.1) is 0 Å². The molecule has 0 saturated carbocycles. The van der Waals surface area contributed by atoms with Crippen LogP contribution in [0.3, 0.4) is 0 Å². The molecule has 4 nitrogen and oxygen atoms in total. The molecule has 0 aromatic heterocycles. The van der Waals surface area contributed by atoms with E-state index in [4.69, 9.17) is 18.9 Å². The number of hydrogen-bond donors (Lipinski definition) is 0. The number of hydrogen-bond acceptors (Lipinski definition) is 4. The molecule has 0 saturated heterocycles. The Balaban J connectivity index is 2.83. The van der Waals surface area contributed by atoms with Gasteiger partial charge in [0.05, 0.1) is 26.1 Å². The van der Waals surface area contributed by atoms with Crippen molar-refractivity contribution in [1.29, 1.82) is 0 Å². The van der Waals surface area contributed by atoms with Crippen LogP contribution in [0.4, 0.5) is 0 Å². The summed E-state index contributed by atoms with van der Waals surface area (Å²) >= 11 is 0. The van der Waals surface area contributed by atoms with Gasteiger partial charge in [-0.25, -0.2) is 0 Å². The topological polar surface area (TPSA) is 36.9 Å². The maximum Gasteiger partial charge on any atom is 0.0895 e. The van der Waals surface area contributed by atoms with Crippen LogP contribution in [0.25, 0.3) is 0 Å². The van der Waals surface area contributed by atoms with Crippen molar-refractivity contribution in [3.05, 3.63) is 12.8 Å². The molecule has 0 fully saturated rings. The molecule has 0 aromatic carbocycles. The molecule has 4 heteroatoms. The fourth-order valence-electron chi connectivity index (χ4n) is 0.955. The third-order valence-electron chi connectivity index (χ3n) is 1.68. The Bertz CT molecular complexity index is 128. The summed E-state index contributed by atoms with van der Waals surface area (Å²) in [5.41, 5.74) is 0. The van der Waals surface area contributed by atoms with Crippen LogP contribution in [-0.2, 0) is 18.9 Å². The Morgan fingerprint density at radius 1 is 0.867 bits per heavy atom. The molecule has 0 amide bonds. The number of ether oxygens (including phenoxy) is 4. The Morgan fingerprint density at radius 3 is 2.00 bits per heavy atom. The fraction of sp³-hybridized carbons (Fsp3) is 0.818. The van der Waals surface area contributed by atoms with Crippen molar-refractivity contribution in [3.63, 3.8) is 0 Å². The molecule has 0 radical (unpaired) electrons. The normalized spacial score (nSPS) is 10.2. The van der Waals surface area contributed by atoms with Crippen molar-refractivity contribution in [2.75, 3.05) is 46.8 Å². The van der Waals surface area contributed by atoms with Crippen LogP contribution in [0.5, 0.6) is 0 Å². The first-order chi connectivity index (χ1) is 7.41. The van der Waals surface area contributed by atoms with E-state index in [1.165, 1.54) is 6.26 Å². The van der Waals surface area contributed by atoms with Crippen molar-refractivity contribution >= 4 is 0 Å². The van der Waals surface area contributed by atoms with Crippen LogP contribution < -0.4 is 0 Å². The van der Waals surface area contributed by atoms with Gasteiger partial charge in [0.25, 0.3) is 0 Å². The molecule has 90 valence electrons. The third-order valence-corrected chi connectivity index (χ3v) is 1.68. The predicted octanol–water partition coefficient (Wildman–Crippen LogP) is 1.61. The molecule has 0 aliphatic carbocycles. The molecule has 0 aliphatic rings. The lowest BCUT2D eigenvalue weighted by molar-refractivity contribution is 0.0350. The first-order valence-electron chi connectivity index (χ1n) is 5.28. The van der Waals surface area contributed by atoms with Gasteiger partial charge in [-0.2, -0.15) is 0 Å². The zero-order chi connectivity index (χ0) is 11.2. The first-order valence-corrected chi connectivity index (χ1v) is 5.28. The van der Waals surface area contributed by atoms with Gasteiger partial charge >= 0.3 is 0 Å². The molecule has 0 aliphatic heterocycles.